The van der Waals surface area contributed by atoms with Crippen LogP contribution >= 0.6 is 0 Å². The molecule has 0 aliphatic heterocycles. The first-order chi connectivity index (χ1) is 12.1. The molecule has 0 fully saturated rings. The second kappa shape index (κ2) is 7.38. The number of aryl methyl sites for hydroxylation is 1. The van der Waals surface area contributed by atoms with Crippen molar-refractivity contribution in [2.45, 2.75) is 33.4 Å². The van der Waals surface area contributed by atoms with E-state index in [0.717, 1.165) is 27.9 Å². The van der Waals surface area contributed by atoms with E-state index in [0.29, 0.717) is 13.2 Å². The van der Waals surface area contributed by atoms with Gasteiger partial charge in [-0.1, -0.05) is 30.3 Å². The molecule has 1 atom stereocenters. The van der Waals surface area contributed by atoms with Crippen molar-refractivity contribution in [3.63, 3.8) is 0 Å². The van der Waals surface area contributed by atoms with E-state index in [1.54, 1.807) is 4.68 Å². The minimum atomic E-state index is -0.374. The highest BCUT2D eigenvalue weighted by molar-refractivity contribution is 5.86. The van der Waals surface area contributed by atoms with Gasteiger partial charge in [0.1, 0.15) is 11.8 Å². The van der Waals surface area contributed by atoms with Gasteiger partial charge in [0.25, 0.3) is 0 Å². The summed E-state index contributed by atoms with van der Waals surface area (Å²) in [7, 11) is 0. The van der Waals surface area contributed by atoms with Crippen LogP contribution in [0.4, 0.5) is 0 Å². The number of hydrogen-bond acceptors (Lipinski definition) is 3. The van der Waals surface area contributed by atoms with Crippen LogP contribution in [0.3, 0.4) is 0 Å². The molecule has 25 heavy (non-hydrogen) atoms. The van der Waals surface area contributed by atoms with Crippen LogP contribution in [-0.4, -0.2) is 22.3 Å². The van der Waals surface area contributed by atoms with Crippen LogP contribution in [0.1, 0.15) is 31.1 Å². The lowest BCUT2D eigenvalue weighted by Gasteiger charge is -2.14. The van der Waals surface area contributed by atoms with Gasteiger partial charge in [-0.2, -0.15) is 5.10 Å². The van der Waals surface area contributed by atoms with Crippen molar-refractivity contribution < 1.29 is 9.53 Å². The van der Waals surface area contributed by atoms with Crippen LogP contribution in [0, 0.1) is 6.92 Å². The molecule has 0 unspecified atom stereocenters. The second-order valence-electron chi connectivity index (χ2n) is 6.02. The number of aromatic nitrogens is 2. The maximum absolute atomic E-state index is 12.5. The fourth-order valence-corrected chi connectivity index (χ4v) is 2.86. The fraction of sp³-hybridized carbons (Fsp3) is 0.300. The molecule has 2 aromatic carbocycles. The number of carbonyl (C=O) groups is 1. The number of hydrogen-bond donors (Lipinski definition) is 1. The third-order valence-corrected chi connectivity index (χ3v) is 4.25. The summed E-state index contributed by atoms with van der Waals surface area (Å²) in [4.78, 5) is 12.5. The Bertz CT molecular complexity index is 868. The lowest BCUT2D eigenvalue weighted by atomic mass is 10.2. The summed E-state index contributed by atoms with van der Waals surface area (Å²) in [5.74, 6) is 0.784. The number of amides is 1. The Morgan fingerprint density at radius 2 is 1.92 bits per heavy atom. The summed E-state index contributed by atoms with van der Waals surface area (Å²) in [5.41, 5.74) is 2.94. The highest BCUT2D eigenvalue weighted by atomic mass is 16.5. The zero-order chi connectivity index (χ0) is 17.8. The second-order valence-corrected chi connectivity index (χ2v) is 6.02. The summed E-state index contributed by atoms with van der Waals surface area (Å²) in [6, 6.07) is 15.3. The maximum atomic E-state index is 12.5. The Kier molecular flexibility index (Phi) is 5.03. The van der Waals surface area contributed by atoms with Gasteiger partial charge in [-0.25, -0.2) is 0 Å². The molecule has 0 saturated heterocycles. The number of para-hydroxylation sites is 1. The lowest BCUT2D eigenvalue weighted by Crippen LogP contribution is -2.31. The van der Waals surface area contributed by atoms with E-state index in [-0.39, 0.29) is 11.9 Å². The summed E-state index contributed by atoms with van der Waals surface area (Å²) in [6.45, 7) is 6.91. The van der Waals surface area contributed by atoms with E-state index in [4.69, 9.17) is 4.74 Å². The third-order valence-electron chi connectivity index (χ3n) is 4.25. The van der Waals surface area contributed by atoms with Gasteiger partial charge < -0.3 is 10.1 Å². The molecule has 130 valence electrons. The first kappa shape index (κ1) is 17.0. The maximum Gasteiger partial charge on any atom is 0.244 e. The molecule has 0 aliphatic rings. The Morgan fingerprint density at radius 1 is 1.20 bits per heavy atom. The molecule has 1 heterocycles. The van der Waals surface area contributed by atoms with Crippen LogP contribution in [0.25, 0.3) is 10.9 Å². The SMILES string of the molecule is CCOc1ccc(CNC(=O)[C@@H](C)n2nc(C)c3ccccc32)cc1. The number of nitrogens with zero attached hydrogens (tertiary/aromatic N) is 2. The summed E-state index contributed by atoms with van der Waals surface area (Å²) in [5, 5.41) is 8.60. The molecular weight excluding hydrogens is 314 g/mol. The summed E-state index contributed by atoms with van der Waals surface area (Å²) < 4.78 is 7.22. The van der Waals surface area contributed by atoms with E-state index in [1.165, 1.54) is 0 Å². The molecule has 3 rings (SSSR count). The van der Waals surface area contributed by atoms with Crippen LogP contribution < -0.4 is 10.1 Å². The van der Waals surface area contributed by atoms with Crippen molar-refractivity contribution >= 4 is 16.8 Å². The molecule has 5 heteroatoms. The van der Waals surface area contributed by atoms with Gasteiger partial charge in [0.2, 0.25) is 5.91 Å². The van der Waals surface area contributed by atoms with Gasteiger partial charge in [0.15, 0.2) is 0 Å². The lowest BCUT2D eigenvalue weighted by molar-refractivity contribution is -0.124. The quantitative estimate of drug-likeness (QED) is 0.747. The standard InChI is InChI=1S/C20H23N3O2/c1-4-25-17-11-9-16(10-12-17)13-21-20(24)15(3)23-19-8-6-5-7-18(19)14(2)22-23/h5-12,15H,4,13H2,1-3H3,(H,21,24)/t15-/m1/s1. The summed E-state index contributed by atoms with van der Waals surface area (Å²) >= 11 is 0. The number of benzene rings is 2. The topological polar surface area (TPSA) is 56.1 Å². The van der Waals surface area contributed by atoms with E-state index in [9.17, 15) is 4.79 Å². The van der Waals surface area contributed by atoms with Crippen LogP contribution in [0.2, 0.25) is 0 Å². The molecule has 1 aromatic heterocycles. The predicted octanol–water partition coefficient (Wildman–Crippen LogP) is 3.62. The first-order valence-electron chi connectivity index (χ1n) is 8.53. The average molecular weight is 337 g/mol. The molecule has 0 saturated carbocycles. The van der Waals surface area contributed by atoms with Crippen LogP contribution in [0.5, 0.6) is 5.75 Å². The van der Waals surface area contributed by atoms with Gasteiger partial charge in [0, 0.05) is 11.9 Å². The van der Waals surface area contributed by atoms with Crippen LogP contribution in [-0.2, 0) is 11.3 Å². The number of ether oxygens (including phenoxy) is 1. The van der Waals surface area contributed by atoms with Gasteiger partial charge in [-0.3, -0.25) is 9.48 Å². The number of rotatable bonds is 6. The highest BCUT2D eigenvalue weighted by Crippen LogP contribution is 2.21. The molecule has 1 N–H and O–H groups in total. The number of nitrogens with one attached hydrogen (secondary N) is 1. The van der Waals surface area contributed by atoms with Crippen molar-refractivity contribution in [1.82, 2.24) is 15.1 Å². The third kappa shape index (κ3) is 3.65. The van der Waals surface area contributed by atoms with E-state index in [1.807, 2.05) is 69.3 Å². The van der Waals surface area contributed by atoms with Crippen molar-refractivity contribution in [2.75, 3.05) is 6.61 Å². The largest absolute Gasteiger partial charge is 0.494 e. The average Bonchev–Trinajstić information content (AvgIpc) is 2.98. The Hall–Kier alpha value is -2.82. The van der Waals surface area contributed by atoms with Crippen molar-refractivity contribution in [1.29, 1.82) is 0 Å². The predicted molar refractivity (Wildman–Crippen MR) is 98.6 cm³/mol. The Labute approximate surface area is 147 Å². The van der Waals surface area contributed by atoms with E-state index < -0.39 is 0 Å². The van der Waals surface area contributed by atoms with Gasteiger partial charge >= 0.3 is 0 Å². The molecule has 5 nitrogen and oxygen atoms in total. The van der Waals surface area contributed by atoms with Crippen molar-refractivity contribution in [3.8, 4) is 5.75 Å². The molecular formula is C20H23N3O2. The molecule has 0 spiro atoms. The zero-order valence-corrected chi connectivity index (χ0v) is 14.8. The van der Waals surface area contributed by atoms with E-state index >= 15 is 0 Å². The normalized spacial score (nSPS) is 12.1. The van der Waals surface area contributed by atoms with E-state index in [2.05, 4.69) is 10.4 Å². The smallest absolute Gasteiger partial charge is 0.244 e. The van der Waals surface area contributed by atoms with Gasteiger partial charge in [-0.05, 0) is 44.5 Å². The Morgan fingerprint density at radius 3 is 2.64 bits per heavy atom. The minimum Gasteiger partial charge on any atom is -0.494 e. The van der Waals surface area contributed by atoms with Gasteiger partial charge in [0.05, 0.1) is 17.8 Å². The zero-order valence-electron chi connectivity index (χ0n) is 14.8. The highest BCUT2D eigenvalue weighted by Gasteiger charge is 2.18. The number of carbonyl (C=O) groups excluding carboxylic acids is 1. The van der Waals surface area contributed by atoms with Gasteiger partial charge in [-0.15, -0.1) is 0 Å². The summed E-state index contributed by atoms with van der Waals surface area (Å²) in [6.07, 6.45) is 0. The fourth-order valence-electron chi connectivity index (χ4n) is 2.86. The molecule has 0 bridgehead atoms. The number of fused-ring (bicyclic) bond motifs is 1. The Balaban J connectivity index is 1.68. The minimum absolute atomic E-state index is 0.0536. The first-order valence-corrected chi connectivity index (χ1v) is 8.53. The molecule has 0 aliphatic carbocycles. The molecule has 3 aromatic rings. The molecule has 0 radical (unpaired) electrons. The van der Waals surface area contributed by atoms with Crippen LogP contribution in [0.15, 0.2) is 48.5 Å². The monoisotopic (exact) mass is 337 g/mol. The van der Waals surface area contributed by atoms with Crippen molar-refractivity contribution in [3.05, 3.63) is 59.8 Å². The van der Waals surface area contributed by atoms with Crippen molar-refractivity contribution in [2.24, 2.45) is 0 Å². The molecule has 1 amide bonds.